The molecule has 7 heteroatoms. The van der Waals surface area contributed by atoms with Gasteiger partial charge in [-0.1, -0.05) is 31.0 Å². The number of fused-ring (bicyclic) bond motifs is 1. The van der Waals surface area contributed by atoms with Crippen LogP contribution in [0.5, 0.6) is 0 Å². The van der Waals surface area contributed by atoms with Crippen LogP contribution in [0.25, 0.3) is 0 Å². The number of urea groups is 1. The Hall–Kier alpha value is -2.57. The first-order valence-corrected chi connectivity index (χ1v) is 11.7. The number of amides is 3. The average Bonchev–Trinajstić information content (AvgIpc) is 2.82. The van der Waals surface area contributed by atoms with Gasteiger partial charge in [0.15, 0.2) is 6.61 Å². The number of carbonyl (C=O) groups excluding carboxylic acids is 3. The number of piperidine rings is 2. The van der Waals surface area contributed by atoms with Crippen LogP contribution in [0.15, 0.2) is 30.3 Å². The molecule has 2 atom stereocenters. The molecule has 0 aromatic heterocycles. The van der Waals surface area contributed by atoms with E-state index < -0.39 is 0 Å². The molecular formula is C24H33N3O4. The number of benzene rings is 1. The molecule has 0 spiro atoms. The predicted molar refractivity (Wildman–Crippen MR) is 117 cm³/mol. The molecule has 0 unspecified atom stereocenters. The molecule has 1 saturated carbocycles. The normalized spacial score (nSPS) is 24.3. The number of hydrogen-bond acceptors (Lipinski definition) is 4. The largest absolute Gasteiger partial charge is 0.455 e. The molecule has 1 aromatic rings. The molecular weight excluding hydrogens is 394 g/mol. The maximum absolute atomic E-state index is 12.7. The second kappa shape index (κ2) is 10.2. The number of nitrogens with one attached hydrogen (secondary N) is 1. The van der Waals surface area contributed by atoms with Gasteiger partial charge in [-0.2, -0.15) is 0 Å². The van der Waals surface area contributed by atoms with Crippen LogP contribution in [0, 0.1) is 11.8 Å². The Morgan fingerprint density at radius 3 is 2.39 bits per heavy atom. The lowest BCUT2D eigenvalue weighted by molar-refractivity contribution is -0.158. The lowest BCUT2D eigenvalue weighted by Crippen LogP contribution is -2.51. The van der Waals surface area contributed by atoms with Crippen molar-refractivity contribution in [1.82, 2.24) is 9.80 Å². The molecule has 2 heterocycles. The highest BCUT2D eigenvalue weighted by Gasteiger charge is 2.36. The number of rotatable bonds is 4. The minimum atomic E-state index is -0.311. The van der Waals surface area contributed by atoms with Crippen LogP contribution in [-0.2, 0) is 14.3 Å². The number of nitrogens with zero attached hydrogens (tertiary/aromatic N) is 2. The van der Waals surface area contributed by atoms with Gasteiger partial charge < -0.3 is 19.9 Å². The first-order valence-electron chi connectivity index (χ1n) is 11.7. The number of anilines is 1. The maximum atomic E-state index is 12.7. The quantitative estimate of drug-likeness (QED) is 0.744. The third kappa shape index (κ3) is 5.38. The number of para-hydroxylation sites is 1. The van der Waals surface area contributed by atoms with Gasteiger partial charge in [0.2, 0.25) is 0 Å². The van der Waals surface area contributed by atoms with E-state index in [0.717, 1.165) is 25.1 Å². The van der Waals surface area contributed by atoms with Gasteiger partial charge in [-0.25, -0.2) is 4.79 Å². The van der Waals surface area contributed by atoms with Crippen LogP contribution < -0.4 is 5.32 Å². The number of ether oxygens (including phenoxy) is 1. The van der Waals surface area contributed by atoms with E-state index in [1.54, 1.807) is 4.90 Å². The Morgan fingerprint density at radius 2 is 1.61 bits per heavy atom. The van der Waals surface area contributed by atoms with Crippen molar-refractivity contribution in [3.8, 4) is 0 Å². The van der Waals surface area contributed by atoms with Crippen molar-refractivity contribution < 1.29 is 19.1 Å². The molecule has 2 aliphatic heterocycles. The van der Waals surface area contributed by atoms with Crippen molar-refractivity contribution in [1.29, 1.82) is 0 Å². The fourth-order valence-corrected chi connectivity index (χ4v) is 5.31. The molecule has 0 bridgehead atoms. The van der Waals surface area contributed by atoms with Crippen LogP contribution in [0.4, 0.5) is 10.5 Å². The molecule has 3 amide bonds. The van der Waals surface area contributed by atoms with E-state index >= 15 is 0 Å². The fourth-order valence-electron chi connectivity index (χ4n) is 5.31. The predicted octanol–water partition coefficient (Wildman–Crippen LogP) is 3.65. The molecule has 1 aliphatic carbocycles. The van der Waals surface area contributed by atoms with E-state index in [0.29, 0.717) is 37.9 Å². The van der Waals surface area contributed by atoms with Gasteiger partial charge >= 0.3 is 12.0 Å². The van der Waals surface area contributed by atoms with Crippen molar-refractivity contribution in [2.75, 3.05) is 31.6 Å². The topological polar surface area (TPSA) is 79.0 Å². The van der Waals surface area contributed by atoms with Gasteiger partial charge in [-0.15, -0.1) is 0 Å². The van der Waals surface area contributed by atoms with Gasteiger partial charge in [-0.3, -0.25) is 9.59 Å². The second-order valence-electron chi connectivity index (χ2n) is 9.01. The molecule has 0 radical (unpaired) electrons. The highest BCUT2D eigenvalue weighted by Crippen LogP contribution is 2.35. The maximum Gasteiger partial charge on any atom is 0.321 e. The van der Waals surface area contributed by atoms with E-state index in [2.05, 4.69) is 5.32 Å². The van der Waals surface area contributed by atoms with Crippen LogP contribution in [-0.4, -0.2) is 60.0 Å². The molecule has 7 nitrogen and oxygen atoms in total. The summed E-state index contributed by atoms with van der Waals surface area (Å²) in [5.74, 6) is 0.00386. The number of carbonyl (C=O) groups is 3. The van der Waals surface area contributed by atoms with Gasteiger partial charge in [0.1, 0.15) is 0 Å². The van der Waals surface area contributed by atoms with Crippen molar-refractivity contribution in [2.24, 2.45) is 11.8 Å². The average molecular weight is 428 g/mol. The monoisotopic (exact) mass is 427 g/mol. The zero-order chi connectivity index (χ0) is 21.6. The molecule has 2 saturated heterocycles. The molecule has 3 fully saturated rings. The zero-order valence-electron chi connectivity index (χ0n) is 18.1. The minimum Gasteiger partial charge on any atom is -0.455 e. The highest BCUT2D eigenvalue weighted by molar-refractivity contribution is 5.89. The molecule has 1 N–H and O–H groups in total. The van der Waals surface area contributed by atoms with E-state index in [1.807, 2.05) is 35.2 Å². The lowest BCUT2D eigenvalue weighted by Gasteiger charge is -2.44. The Kier molecular flexibility index (Phi) is 7.10. The van der Waals surface area contributed by atoms with Gasteiger partial charge in [-0.05, 0) is 56.6 Å². The zero-order valence-corrected chi connectivity index (χ0v) is 18.1. The first kappa shape index (κ1) is 21.7. The second-order valence-corrected chi connectivity index (χ2v) is 9.01. The van der Waals surface area contributed by atoms with Gasteiger partial charge in [0, 0.05) is 31.4 Å². The molecule has 168 valence electrons. The van der Waals surface area contributed by atoms with E-state index in [4.69, 9.17) is 4.74 Å². The minimum absolute atomic E-state index is 0.0513. The van der Waals surface area contributed by atoms with Crippen molar-refractivity contribution in [3.05, 3.63) is 30.3 Å². The van der Waals surface area contributed by atoms with Crippen LogP contribution in [0.2, 0.25) is 0 Å². The number of esters is 1. The summed E-state index contributed by atoms with van der Waals surface area (Å²) < 4.78 is 5.42. The summed E-state index contributed by atoms with van der Waals surface area (Å²) in [7, 11) is 0. The standard InChI is InChI=1S/C24H33N3O4/c28-22(27-14-6-8-18-7-4-5-11-21(18)27)17-31-23(29)19-12-15-26(16-13-19)24(30)25-20-9-2-1-3-10-20/h1-3,9-10,18-19,21H,4-8,11-17H2,(H,25,30)/t18-,21-/m0/s1. The summed E-state index contributed by atoms with van der Waals surface area (Å²) in [5.41, 5.74) is 0.755. The Morgan fingerprint density at radius 1 is 0.903 bits per heavy atom. The third-order valence-corrected chi connectivity index (χ3v) is 7.04. The third-order valence-electron chi connectivity index (χ3n) is 7.04. The Balaban J connectivity index is 1.20. The summed E-state index contributed by atoms with van der Waals surface area (Å²) in [5, 5.41) is 2.88. The van der Waals surface area contributed by atoms with Gasteiger partial charge in [0.05, 0.1) is 5.92 Å². The fraction of sp³-hybridized carbons (Fsp3) is 0.625. The van der Waals surface area contributed by atoms with E-state index in [9.17, 15) is 14.4 Å². The lowest BCUT2D eigenvalue weighted by atomic mass is 9.78. The molecule has 1 aromatic carbocycles. The van der Waals surface area contributed by atoms with E-state index in [1.165, 1.54) is 25.7 Å². The smallest absolute Gasteiger partial charge is 0.321 e. The molecule has 4 rings (SSSR count). The van der Waals surface area contributed by atoms with Crippen molar-refractivity contribution in [2.45, 2.75) is 57.4 Å². The SMILES string of the molecule is O=C(OCC(=O)N1CCC[C@@H]2CCCC[C@@H]21)C1CCN(C(=O)Nc2ccccc2)CC1. The number of likely N-dealkylation sites (tertiary alicyclic amines) is 2. The van der Waals surface area contributed by atoms with Crippen molar-refractivity contribution >= 4 is 23.6 Å². The highest BCUT2D eigenvalue weighted by atomic mass is 16.5. The van der Waals surface area contributed by atoms with Crippen LogP contribution >= 0.6 is 0 Å². The summed E-state index contributed by atoms with van der Waals surface area (Å²) >= 11 is 0. The summed E-state index contributed by atoms with van der Waals surface area (Å²) in [6, 6.07) is 9.51. The Labute approximate surface area is 184 Å². The van der Waals surface area contributed by atoms with Gasteiger partial charge in [0.25, 0.3) is 5.91 Å². The Bertz CT molecular complexity index is 774. The van der Waals surface area contributed by atoms with Crippen LogP contribution in [0.3, 0.4) is 0 Å². The molecule has 3 aliphatic rings. The first-order chi connectivity index (χ1) is 15.1. The summed E-state index contributed by atoms with van der Waals surface area (Å²) in [6.07, 6.45) is 8.11. The van der Waals surface area contributed by atoms with Crippen LogP contribution in [0.1, 0.15) is 51.4 Å². The van der Waals surface area contributed by atoms with Crippen molar-refractivity contribution in [3.63, 3.8) is 0 Å². The summed E-state index contributed by atoms with van der Waals surface area (Å²) in [6.45, 7) is 1.63. The molecule has 31 heavy (non-hydrogen) atoms. The number of hydrogen-bond donors (Lipinski definition) is 1. The van der Waals surface area contributed by atoms with E-state index in [-0.39, 0.29) is 30.4 Å². The summed E-state index contributed by atoms with van der Waals surface area (Å²) in [4.78, 5) is 41.4.